The van der Waals surface area contributed by atoms with Crippen molar-refractivity contribution >= 4 is 17.5 Å². The Bertz CT molecular complexity index is 1290. The van der Waals surface area contributed by atoms with Crippen LogP contribution in [0.2, 0.25) is 0 Å². The van der Waals surface area contributed by atoms with Crippen LogP contribution in [-0.2, 0) is 4.79 Å². The number of aromatic nitrogens is 4. The van der Waals surface area contributed by atoms with Crippen molar-refractivity contribution in [3.8, 4) is 11.1 Å². The summed E-state index contributed by atoms with van der Waals surface area (Å²) in [6, 6.07) is 7.37. The molecule has 1 saturated carbocycles. The molecule has 0 aliphatic heterocycles. The number of nitrogens with zero attached hydrogens (tertiary/aromatic N) is 3. The minimum absolute atomic E-state index is 0.116. The van der Waals surface area contributed by atoms with E-state index in [1.165, 1.54) is 16.9 Å². The van der Waals surface area contributed by atoms with E-state index in [0.29, 0.717) is 5.69 Å². The minimum Gasteiger partial charge on any atom is -0.339 e. The molecule has 1 atom stereocenters. The molecule has 4 rings (SSSR count). The van der Waals surface area contributed by atoms with E-state index in [9.17, 15) is 18.4 Å². The van der Waals surface area contributed by atoms with E-state index in [-0.39, 0.29) is 31.4 Å². The smallest absolute Gasteiger partial charge is 0.270 e. The third-order valence-corrected chi connectivity index (χ3v) is 7.04. The van der Waals surface area contributed by atoms with Gasteiger partial charge in [0.15, 0.2) is 0 Å². The van der Waals surface area contributed by atoms with E-state index in [2.05, 4.69) is 39.1 Å². The molecule has 2 amide bonds. The molecule has 3 aromatic rings. The number of anilines is 1. The Morgan fingerprint density at radius 3 is 2.37 bits per heavy atom. The van der Waals surface area contributed by atoms with Crippen molar-refractivity contribution in [2.75, 3.05) is 5.32 Å². The Kier molecular flexibility index (Phi) is 7.89. The lowest BCUT2D eigenvalue weighted by Crippen LogP contribution is -2.50. The van der Waals surface area contributed by atoms with Crippen LogP contribution in [0.3, 0.4) is 0 Å². The first-order valence-electron chi connectivity index (χ1n) is 12.5. The third-order valence-electron chi connectivity index (χ3n) is 7.04. The van der Waals surface area contributed by atoms with Crippen molar-refractivity contribution in [2.45, 2.75) is 57.5 Å². The molecule has 200 valence electrons. The minimum atomic E-state index is -2.76. The van der Waals surface area contributed by atoms with Crippen molar-refractivity contribution in [3.63, 3.8) is 0 Å². The molecule has 10 heteroatoms. The lowest BCUT2D eigenvalue weighted by Gasteiger charge is -2.33. The van der Waals surface area contributed by atoms with Gasteiger partial charge in [-0.1, -0.05) is 24.3 Å². The van der Waals surface area contributed by atoms with Crippen LogP contribution in [0.4, 0.5) is 14.5 Å². The van der Waals surface area contributed by atoms with Gasteiger partial charge in [0.25, 0.3) is 5.91 Å². The number of halogens is 2. The summed E-state index contributed by atoms with van der Waals surface area (Å²) >= 11 is 0. The Morgan fingerprint density at radius 2 is 1.79 bits per heavy atom. The molecule has 0 saturated heterocycles. The summed E-state index contributed by atoms with van der Waals surface area (Å²) in [5.74, 6) is -4.21. The average Bonchev–Trinajstić information content (AvgIpc) is 3.50. The van der Waals surface area contributed by atoms with Crippen LogP contribution in [0.15, 0.2) is 61.8 Å². The molecule has 3 N–H and O–H groups in total. The zero-order valence-corrected chi connectivity index (χ0v) is 21.5. The fraction of sp³-hybridized carbons (Fsp3) is 0.357. The van der Waals surface area contributed by atoms with E-state index in [4.69, 9.17) is 0 Å². The molecule has 0 bridgehead atoms. The molecule has 1 aromatic carbocycles. The maximum atomic E-state index is 13.9. The number of carbonyl (C=O) groups is 2. The van der Waals surface area contributed by atoms with Crippen LogP contribution >= 0.6 is 0 Å². The van der Waals surface area contributed by atoms with Gasteiger partial charge in [0, 0.05) is 36.0 Å². The molecule has 1 fully saturated rings. The first-order chi connectivity index (χ1) is 18.1. The van der Waals surface area contributed by atoms with E-state index >= 15 is 0 Å². The van der Waals surface area contributed by atoms with Gasteiger partial charge < -0.3 is 10.6 Å². The maximum absolute atomic E-state index is 13.9. The van der Waals surface area contributed by atoms with Crippen LogP contribution < -0.4 is 10.6 Å². The van der Waals surface area contributed by atoms with Gasteiger partial charge in [-0.25, -0.2) is 13.5 Å². The number of aromatic amines is 1. The Hall–Kier alpha value is -4.08. The predicted octanol–water partition coefficient (Wildman–Crippen LogP) is 5.37. The zero-order chi connectivity index (χ0) is 27.4. The molecule has 0 unspecified atom stereocenters. The van der Waals surface area contributed by atoms with Gasteiger partial charge in [0.2, 0.25) is 11.8 Å². The van der Waals surface area contributed by atoms with Crippen molar-refractivity contribution in [3.05, 3.63) is 78.9 Å². The molecule has 1 aliphatic rings. The summed E-state index contributed by atoms with van der Waals surface area (Å²) in [6.45, 7) is 11.3. The van der Waals surface area contributed by atoms with E-state index < -0.39 is 35.7 Å². The van der Waals surface area contributed by atoms with Crippen LogP contribution in [0.25, 0.3) is 11.1 Å². The van der Waals surface area contributed by atoms with Gasteiger partial charge in [-0.3, -0.25) is 14.7 Å². The van der Waals surface area contributed by atoms with Gasteiger partial charge in [0.05, 0.1) is 11.7 Å². The Morgan fingerprint density at radius 1 is 1.13 bits per heavy atom. The van der Waals surface area contributed by atoms with Gasteiger partial charge in [-0.05, 0) is 56.4 Å². The van der Waals surface area contributed by atoms with E-state index in [1.54, 1.807) is 24.3 Å². The molecule has 2 heterocycles. The van der Waals surface area contributed by atoms with E-state index in [1.807, 2.05) is 26.0 Å². The SMILES string of the molecule is C=CC(C=C)n1nccc1C(=O)N[C@H](C(=O)Nc1ccc(-c2c(C)n[nH]c2C)cc1)C1CCC(F)(F)CC1. The lowest BCUT2D eigenvalue weighted by atomic mass is 9.81. The lowest BCUT2D eigenvalue weighted by molar-refractivity contribution is -0.121. The topological polar surface area (TPSA) is 105 Å². The number of H-pyrrole nitrogens is 1. The summed E-state index contributed by atoms with van der Waals surface area (Å²) in [5, 5.41) is 17.0. The maximum Gasteiger partial charge on any atom is 0.270 e. The second-order valence-electron chi connectivity index (χ2n) is 9.64. The normalized spacial score (nSPS) is 16.1. The summed E-state index contributed by atoms with van der Waals surface area (Å²) < 4.78 is 29.2. The van der Waals surface area contributed by atoms with Crippen molar-refractivity contribution in [1.29, 1.82) is 0 Å². The molecular formula is C28H32F2N6O2. The van der Waals surface area contributed by atoms with Crippen LogP contribution in [0.1, 0.15) is 53.6 Å². The standard InChI is InChI=1S/C28H32F2N6O2/c1-5-22(6-2)36-23(13-16-31-36)26(37)33-25(20-11-14-28(29,30)15-12-20)27(38)32-21-9-7-19(8-10-21)24-17(3)34-35-18(24)4/h5-10,13,16,20,22,25H,1-2,11-12,14-15H2,3-4H3,(H,32,38)(H,33,37)(H,34,35)/t25-/m0/s1. The number of carbonyl (C=O) groups excluding carboxylic acids is 2. The Balaban J connectivity index is 1.55. The first kappa shape index (κ1) is 27.0. The fourth-order valence-corrected chi connectivity index (χ4v) is 4.95. The number of hydrogen-bond donors (Lipinski definition) is 3. The second kappa shape index (κ2) is 11.1. The summed E-state index contributed by atoms with van der Waals surface area (Å²) in [5.41, 5.74) is 4.48. The molecule has 8 nitrogen and oxygen atoms in total. The summed E-state index contributed by atoms with van der Waals surface area (Å²) in [4.78, 5) is 26.7. The number of benzene rings is 1. The molecule has 0 radical (unpaired) electrons. The number of allylic oxidation sites excluding steroid dienone is 2. The van der Waals surface area contributed by atoms with Gasteiger partial charge in [-0.2, -0.15) is 10.2 Å². The monoisotopic (exact) mass is 522 g/mol. The van der Waals surface area contributed by atoms with Crippen LogP contribution in [0.5, 0.6) is 0 Å². The Labute approximate surface area is 220 Å². The molecule has 2 aromatic heterocycles. The highest BCUT2D eigenvalue weighted by molar-refractivity contribution is 6.00. The number of hydrogen-bond acceptors (Lipinski definition) is 4. The molecule has 0 spiro atoms. The van der Waals surface area contributed by atoms with Crippen molar-refractivity contribution in [2.24, 2.45) is 5.92 Å². The number of rotatable bonds is 9. The fourth-order valence-electron chi connectivity index (χ4n) is 4.95. The van der Waals surface area contributed by atoms with Crippen LogP contribution in [0, 0.1) is 19.8 Å². The molecular weight excluding hydrogens is 490 g/mol. The van der Waals surface area contributed by atoms with Crippen LogP contribution in [-0.4, -0.2) is 43.8 Å². The second-order valence-corrected chi connectivity index (χ2v) is 9.64. The van der Waals surface area contributed by atoms with Gasteiger partial charge in [0.1, 0.15) is 11.7 Å². The largest absolute Gasteiger partial charge is 0.339 e. The number of amides is 2. The molecule has 1 aliphatic carbocycles. The summed E-state index contributed by atoms with van der Waals surface area (Å²) in [7, 11) is 0. The average molecular weight is 523 g/mol. The summed E-state index contributed by atoms with van der Waals surface area (Å²) in [6.07, 6.45) is 4.21. The first-order valence-corrected chi connectivity index (χ1v) is 12.5. The number of alkyl halides is 2. The van der Waals surface area contributed by atoms with Gasteiger partial charge in [-0.15, -0.1) is 13.2 Å². The highest BCUT2D eigenvalue weighted by atomic mass is 19.3. The van der Waals surface area contributed by atoms with Gasteiger partial charge >= 0.3 is 0 Å². The van der Waals surface area contributed by atoms with Crippen molar-refractivity contribution in [1.82, 2.24) is 25.3 Å². The predicted molar refractivity (Wildman–Crippen MR) is 142 cm³/mol. The highest BCUT2D eigenvalue weighted by Gasteiger charge is 2.40. The van der Waals surface area contributed by atoms with Crippen molar-refractivity contribution < 1.29 is 18.4 Å². The zero-order valence-electron chi connectivity index (χ0n) is 21.5. The molecule has 38 heavy (non-hydrogen) atoms. The third kappa shape index (κ3) is 5.74. The highest BCUT2D eigenvalue weighted by Crippen LogP contribution is 2.38. The number of nitrogens with one attached hydrogen (secondary N) is 3. The van der Waals surface area contributed by atoms with E-state index in [0.717, 1.165) is 22.5 Å². The quantitative estimate of drug-likeness (QED) is 0.329. The number of aryl methyl sites for hydroxylation is 2.